The zero-order chi connectivity index (χ0) is 12.0. The number of hydrogen-bond acceptors (Lipinski definition) is 1. The second-order valence-corrected chi connectivity index (χ2v) is 7.03. The number of alkyl halides is 2. The van der Waals surface area contributed by atoms with Crippen LogP contribution in [0.25, 0.3) is 16.3 Å². The topological polar surface area (TPSA) is 17.1 Å². The number of allylic oxidation sites excluding steroid dienone is 2. The fourth-order valence-electron chi connectivity index (χ4n) is 2.26. The van der Waals surface area contributed by atoms with Gasteiger partial charge in [0.25, 0.3) is 0 Å². The Morgan fingerprint density at radius 1 is 0.941 bits per heavy atom. The Morgan fingerprint density at radius 3 is 2.24 bits per heavy atom. The lowest BCUT2D eigenvalue weighted by Crippen LogP contribution is -2.08. The summed E-state index contributed by atoms with van der Waals surface area (Å²) in [4.78, 5) is 12.1. The second kappa shape index (κ2) is 4.07. The van der Waals surface area contributed by atoms with Crippen LogP contribution in [0.5, 0.6) is 0 Å². The van der Waals surface area contributed by atoms with E-state index in [1.807, 2.05) is 30.3 Å². The lowest BCUT2D eigenvalue weighted by molar-refractivity contribution is 0.104. The highest BCUT2D eigenvalue weighted by molar-refractivity contribution is 9.25. The number of carbonyl (C=O) groups is 1. The zero-order valence-electron chi connectivity index (χ0n) is 8.78. The molecule has 0 atom stereocenters. The number of carbonyl (C=O) groups excluding carboxylic acids is 1. The van der Waals surface area contributed by atoms with Crippen LogP contribution < -0.4 is 0 Å². The molecule has 0 spiro atoms. The predicted octanol–water partition coefficient (Wildman–Crippen LogP) is 4.54. The molecule has 1 aliphatic rings. The first-order valence-electron chi connectivity index (χ1n) is 5.24. The van der Waals surface area contributed by atoms with Crippen molar-refractivity contribution in [1.82, 2.24) is 0 Å². The minimum atomic E-state index is -0.00194. The fourth-order valence-corrected chi connectivity index (χ4v) is 3.02. The van der Waals surface area contributed by atoms with Crippen LogP contribution in [0.1, 0.15) is 15.9 Å². The Kier molecular flexibility index (Phi) is 2.68. The molecular weight excluding hydrogens is 344 g/mol. The van der Waals surface area contributed by atoms with Gasteiger partial charge in [-0.2, -0.15) is 0 Å². The van der Waals surface area contributed by atoms with E-state index < -0.39 is 0 Å². The van der Waals surface area contributed by atoms with E-state index >= 15 is 0 Å². The molecule has 3 rings (SSSR count). The molecule has 0 fully saturated rings. The van der Waals surface area contributed by atoms with Crippen molar-refractivity contribution in [3.05, 3.63) is 53.6 Å². The summed E-state index contributed by atoms with van der Waals surface area (Å²) in [6, 6.07) is 12.0. The van der Waals surface area contributed by atoms with Crippen LogP contribution in [0.4, 0.5) is 0 Å². The highest BCUT2D eigenvalue weighted by Crippen LogP contribution is 2.38. The van der Waals surface area contributed by atoms with E-state index in [9.17, 15) is 4.79 Å². The molecule has 0 N–H and O–H groups in total. The van der Waals surface area contributed by atoms with Crippen LogP contribution in [0.3, 0.4) is 0 Å². The summed E-state index contributed by atoms with van der Waals surface area (Å²) in [7, 11) is 0. The van der Waals surface area contributed by atoms with Crippen LogP contribution in [0.2, 0.25) is 0 Å². The molecule has 0 saturated carbocycles. The third-order valence-corrected chi connectivity index (χ3v) is 3.99. The van der Waals surface area contributed by atoms with Gasteiger partial charge in [-0.15, -0.1) is 0 Å². The smallest absolute Gasteiger partial charge is 0.186 e. The van der Waals surface area contributed by atoms with Crippen molar-refractivity contribution < 1.29 is 4.79 Å². The summed E-state index contributed by atoms with van der Waals surface area (Å²) in [6.45, 7) is 0. The molecule has 2 aromatic carbocycles. The standard InChI is InChI=1S/C14H8Br2O/c15-14(16)11-7-12(17)10-6-2-4-8-3-1-5-9(11)13(8)10/h1-7,14H. The largest absolute Gasteiger partial charge is 0.289 e. The summed E-state index contributed by atoms with van der Waals surface area (Å²) in [5.74, 6) is 0.0770. The molecule has 1 aliphatic carbocycles. The van der Waals surface area contributed by atoms with Gasteiger partial charge < -0.3 is 0 Å². The average Bonchev–Trinajstić information content (AvgIpc) is 2.33. The number of benzene rings is 2. The molecular formula is C14H8Br2O. The Labute approximate surface area is 116 Å². The maximum atomic E-state index is 12.1. The van der Waals surface area contributed by atoms with Gasteiger partial charge in [-0.05, 0) is 22.6 Å². The van der Waals surface area contributed by atoms with Gasteiger partial charge in [0.15, 0.2) is 5.78 Å². The predicted molar refractivity (Wildman–Crippen MR) is 77.9 cm³/mol. The summed E-state index contributed by atoms with van der Waals surface area (Å²) in [5.41, 5.74) is 2.90. The highest BCUT2D eigenvalue weighted by Gasteiger charge is 2.22. The molecule has 0 saturated heterocycles. The molecule has 0 aliphatic heterocycles. The van der Waals surface area contributed by atoms with Crippen LogP contribution in [0, 0.1) is 0 Å². The van der Waals surface area contributed by atoms with Gasteiger partial charge in [0, 0.05) is 10.9 Å². The average molecular weight is 352 g/mol. The molecule has 0 heterocycles. The number of ketones is 1. The van der Waals surface area contributed by atoms with E-state index in [-0.39, 0.29) is 9.52 Å². The zero-order valence-corrected chi connectivity index (χ0v) is 12.0. The number of rotatable bonds is 1. The minimum Gasteiger partial charge on any atom is -0.289 e. The third kappa shape index (κ3) is 1.69. The Morgan fingerprint density at radius 2 is 1.59 bits per heavy atom. The number of halogens is 2. The van der Waals surface area contributed by atoms with Crippen LogP contribution in [0.15, 0.2) is 42.5 Å². The molecule has 0 unspecified atom stereocenters. The van der Waals surface area contributed by atoms with Gasteiger partial charge in [-0.1, -0.05) is 68.3 Å². The van der Waals surface area contributed by atoms with Crippen molar-refractivity contribution in [2.75, 3.05) is 0 Å². The van der Waals surface area contributed by atoms with E-state index in [0.29, 0.717) is 0 Å². The summed E-state index contributed by atoms with van der Waals surface area (Å²) in [5, 5.41) is 2.17. The van der Waals surface area contributed by atoms with E-state index in [2.05, 4.69) is 37.9 Å². The first kappa shape index (κ1) is 11.2. The van der Waals surface area contributed by atoms with Crippen molar-refractivity contribution in [3.63, 3.8) is 0 Å². The lowest BCUT2D eigenvalue weighted by Gasteiger charge is -2.18. The maximum Gasteiger partial charge on any atom is 0.186 e. The maximum absolute atomic E-state index is 12.1. The Hall–Kier alpha value is -0.930. The quantitative estimate of drug-likeness (QED) is 0.689. The number of hydrogen-bond donors (Lipinski definition) is 0. The summed E-state index contributed by atoms with van der Waals surface area (Å²) >= 11 is 6.95. The molecule has 0 radical (unpaired) electrons. The normalized spacial score (nSPS) is 14.3. The molecule has 17 heavy (non-hydrogen) atoms. The van der Waals surface area contributed by atoms with Gasteiger partial charge in [0.05, 0.1) is 3.74 Å². The van der Waals surface area contributed by atoms with Crippen LogP contribution in [-0.4, -0.2) is 9.52 Å². The van der Waals surface area contributed by atoms with Crippen molar-refractivity contribution in [1.29, 1.82) is 0 Å². The van der Waals surface area contributed by atoms with Crippen LogP contribution >= 0.6 is 31.9 Å². The van der Waals surface area contributed by atoms with Crippen molar-refractivity contribution in [2.45, 2.75) is 3.74 Å². The van der Waals surface area contributed by atoms with E-state index in [1.54, 1.807) is 6.08 Å². The van der Waals surface area contributed by atoms with Crippen molar-refractivity contribution in [3.8, 4) is 0 Å². The second-order valence-electron chi connectivity index (χ2n) is 3.97. The molecule has 0 aromatic heterocycles. The Bertz CT molecular complexity index is 651. The molecule has 84 valence electrons. The molecule has 0 amide bonds. The molecule has 0 bridgehead atoms. The summed E-state index contributed by atoms with van der Waals surface area (Å²) < 4.78 is -0.00194. The van der Waals surface area contributed by atoms with Crippen molar-refractivity contribution >= 4 is 54.0 Å². The molecule has 1 nitrogen and oxygen atoms in total. The summed E-state index contributed by atoms with van der Waals surface area (Å²) in [6.07, 6.45) is 1.70. The van der Waals surface area contributed by atoms with Gasteiger partial charge in [-0.3, -0.25) is 4.79 Å². The van der Waals surface area contributed by atoms with E-state index in [1.165, 1.54) is 0 Å². The monoisotopic (exact) mass is 350 g/mol. The SMILES string of the molecule is O=C1C=C(C(Br)Br)c2cccc3cccc1c23. The minimum absolute atomic E-state index is 0.00194. The third-order valence-electron chi connectivity index (χ3n) is 3.00. The first-order valence-corrected chi connectivity index (χ1v) is 7.08. The van der Waals surface area contributed by atoms with Gasteiger partial charge in [0.2, 0.25) is 0 Å². The fraction of sp³-hybridized carbons (Fsp3) is 0.0714. The molecule has 2 aromatic rings. The van der Waals surface area contributed by atoms with E-state index in [0.717, 1.165) is 27.5 Å². The highest BCUT2D eigenvalue weighted by atomic mass is 79.9. The van der Waals surface area contributed by atoms with Crippen molar-refractivity contribution in [2.24, 2.45) is 0 Å². The lowest BCUT2D eigenvalue weighted by atomic mass is 9.88. The van der Waals surface area contributed by atoms with Gasteiger partial charge in [-0.25, -0.2) is 0 Å². The van der Waals surface area contributed by atoms with Gasteiger partial charge in [0.1, 0.15) is 0 Å². The van der Waals surface area contributed by atoms with Crippen LogP contribution in [-0.2, 0) is 0 Å². The molecule has 3 heteroatoms. The van der Waals surface area contributed by atoms with Gasteiger partial charge >= 0.3 is 0 Å². The van der Waals surface area contributed by atoms with E-state index in [4.69, 9.17) is 0 Å². The first-order chi connectivity index (χ1) is 8.18. The Balaban J connectivity index is 2.44.